The fourth-order valence-corrected chi connectivity index (χ4v) is 6.81. The first-order valence-corrected chi connectivity index (χ1v) is 25.1. The van der Waals surface area contributed by atoms with Crippen molar-refractivity contribution in [2.45, 2.75) is 225 Å². The van der Waals surface area contributed by atoms with E-state index in [1.54, 1.807) is 0 Å². The summed E-state index contributed by atoms with van der Waals surface area (Å²) >= 11 is 0. The number of aliphatic hydroxyl groups is 2. The smallest absolute Gasteiger partial charge is 0.306 e. The quantitative estimate of drug-likeness (QED) is 0.0322. The second-order valence-corrected chi connectivity index (χ2v) is 16.5. The summed E-state index contributed by atoms with van der Waals surface area (Å²) in [5.41, 5.74) is 0. The Morgan fingerprint density at radius 3 is 1.34 bits per heavy atom. The van der Waals surface area contributed by atoms with Crippen molar-refractivity contribution in [2.75, 3.05) is 6.61 Å². The van der Waals surface area contributed by atoms with Crippen LogP contribution >= 0.6 is 0 Å². The van der Waals surface area contributed by atoms with Gasteiger partial charge in [0.05, 0.1) is 25.2 Å². The molecule has 0 aliphatic carbocycles. The predicted molar refractivity (Wildman–Crippen MR) is 268 cm³/mol. The molecule has 0 aliphatic rings. The summed E-state index contributed by atoms with van der Waals surface area (Å²) in [5.74, 6) is -0.624. The number of nitrogens with one attached hydrogen (secondary N) is 1. The first-order chi connectivity index (χ1) is 30.5. The minimum atomic E-state index is -0.815. The van der Waals surface area contributed by atoms with Crippen LogP contribution in [0.1, 0.15) is 207 Å². The summed E-state index contributed by atoms with van der Waals surface area (Å²) in [6.45, 7) is 6.28. The van der Waals surface area contributed by atoms with Gasteiger partial charge in [0.25, 0.3) is 0 Å². The number of esters is 1. The third-order valence-corrected chi connectivity index (χ3v) is 10.6. The van der Waals surface area contributed by atoms with E-state index in [0.29, 0.717) is 19.3 Å². The van der Waals surface area contributed by atoms with Crippen molar-refractivity contribution in [1.82, 2.24) is 5.32 Å². The number of ether oxygens (including phenoxy) is 1. The van der Waals surface area contributed by atoms with Gasteiger partial charge in [-0.25, -0.2) is 0 Å². The highest BCUT2D eigenvalue weighted by molar-refractivity contribution is 5.77. The number of carbonyl (C=O) groups excluding carboxylic acids is 2. The first-order valence-electron chi connectivity index (χ1n) is 25.1. The summed E-state index contributed by atoms with van der Waals surface area (Å²) in [4.78, 5) is 26.1. The highest BCUT2D eigenvalue weighted by Gasteiger charge is 2.24. The Labute approximate surface area is 381 Å². The normalized spacial score (nSPS) is 14.2. The fourth-order valence-electron chi connectivity index (χ4n) is 6.81. The lowest BCUT2D eigenvalue weighted by Crippen LogP contribution is -2.46. The van der Waals surface area contributed by atoms with Gasteiger partial charge in [-0.1, -0.05) is 201 Å². The van der Waals surface area contributed by atoms with E-state index < -0.39 is 18.2 Å². The maximum absolute atomic E-state index is 13.2. The van der Waals surface area contributed by atoms with Crippen LogP contribution in [-0.2, 0) is 14.3 Å². The van der Waals surface area contributed by atoms with Crippen molar-refractivity contribution in [3.05, 3.63) is 109 Å². The Morgan fingerprint density at radius 2 is 0.871 bits per heavy atom. The molecule has 3 atom stereocenters. The van der Waals surface area contributed by atoms with E-state index in [9.17, 15) is 19.8 Å². The van der Waals surface area contributed by atoms with E-state index in [1.807, 2.05) is 6.08 Å². The van der Waals surface area contributed by atoms with Gasteiger partial charge >= 0.3 is 5.97 Å². The van der Waals surface area contributed by atoms with Gasteiger partial charge in [0, 0.05) is 6.42 Å². The number of hydrogen-bond donors (Lipinski definition) is 3. The molecule has 3 unspecified atom stereocenters. The van der Waals surface area contributed by atoms with Gasteiger partial charge < -0.3 is 20.3 Å². The van der Waals surface area contributed by atoms with Gasteiger partial charge in [-0.05, 0) is 103 Å². The topological polar surface area (TPSA) is 95.9 Å². The second-order valence-electron chi connectivity index (χ2n) is 16.5. The van der Waals surface area contributed by atoms with E-state index in [0.717, 1.165) is 89.9 Å². The fraction of sp³-hybridized carbons (Fsp3) is 0.643. The number of hydrogen-bond acceptors (Lipinski definition) is 5. The number of rotatable bonds is 43. The Morgan fingerprint density at radius 1 is 0.484 bits per heavy atom. The Kier molecular flexibility index (Phi) is 45.8. The first kappa shape index (κ1) is 58.5. The molecule has 6 nitrogen and oxygen atoms in total. The van der Waals surface area contributed by atoms with Crippen LogP contribution in [0.15, 0.2) is 109 Å². The number of unbranched alkanes of at least 4 members (excludes halogenated alkanes) is 13. The molecule has 1 amide bonds. The van der Waals surface area contributed by atoms with E-state index in [2.05, 4.69) is 129 Å². The molecule has 0 aromatic carbocycles. The molecule has 3 N–H and O–H groups in total. The van der Waals surface area contributed by atoms with E-state index in [1.165, 1.54) is 64.2 Å². The summed E-state index contributed by atoms with van der Waals surface area (Å²) in [6.07, 6.45) is 65.9. The van der Waals surface area contributed by atoms with Gasteiger partial charge in [-0.2, -0.15) is 0 Å². The lowest BCUT2D eigenvalue weighted by Gasteiger charge is -2.24. The van der Waals surface area contributed by atoms with E-state index in [4.69, 9.17) is 4.74 Å². The molecule has 0 aromatic rings. The van der Waals surface area contributed by atoms with Crippen LogP contribution < -0.4 is 5.32 Å². The molecule has 0 aromatic heterocycles. The second kappa shape index (κ2) is 48.6. The largest absolute Gasteiger partial charge is 0.462 e. The van der Waals surface area contributed by atoms with E-state index >= 15 is 0 Å². The molecule has 0 fully saturated rings. The molecule has 6 heteroatoms. The third kappa shape index (κ3) is 43.2. The maximum atomic E-state index is 13.2. The minimum absolute atomic E-state index is 0.0145. The van der Waals surface area contributed by atoms with Crippen LogP contribution in [0.4, 0.5) is 0 Å². The van der Waals surface area contributed by atoms with Crippen molar-refractivity contribution < 1.29 is 24.5 Å². The van der Waals surface area contributed by atoms with Crippen LogP contribution in [0.3, 0.4) is 0 Å². The molecule has 0 radical (unpaired) electrons. The molecule has 0 bridgehead atoms. The average Bonchev–Trinajstić information content (AvgIpc) is 3.26. The Bertz CT molecular complexity index is 1280. The van der Waals surface area contributed by atoms with Gasteiger partial charge in [0.2, 0.25) is 5.91 Å². The summed E-state index contributed by atoms with van der Waals surface area (Å²) in [7, 11) is 0. The molecule has 0 saturated heterocycles. The molecule has 0 heterocycles. The van der Waals surface area contributed by atoms with Crippen molar-refractivity contribution >= 4 is 11.9 Å². The van der Waals surface area contributed by atoms with Gasteiger partial charge in [0.15, 0.2) is 0 Å². The van der Waals surface area contributed by atoms with Gasteiger partial charge in [-0.3, -0.25) is 9.59 Å². The Balaban J connectivity index is 4.79. The van der Waals surface area contributed by atoms with Crippen LogP contribution in [0.2, 0.25) is 0 Å². The summed E-state index contributed by atoms with van der Waals surface area (Å²) in [6, 6.07) is -0.734. The maximum Gasteiger partial charge on any atom is 0.306 e. The molecule has 0 aliphatic heterocycles. The zero-order valence-electron chi connectivity index (χ0n) is 40.0. The van der Waals surface area contributed by atoms with Crippen molar-refractivity contribution in [3.63, 3.8) is 0 Å². The van der Waals surface area contributed by atoms with Crippen LogP contribution in [0.25, 0.3) is 0 Å². The van der Waals surface area contributed by atoms with Gasteiger partial charge in [-0.15, -0.1) is 0 Å². The number of aliphatic hydroxyl groups excluding tert-OH is 2. The molecule has 352 valence electrons. The summed E-state index contributed by atoms with van der Waals surface area (Å²) in [5, 5.41) is 23.6. The average molecular weight is 860 g/mol. The molecular weight excluding hydrogens is 767 g/mol. The standard InChI is InChI=1S/C56H93NO5/c1-4-7-10-13-16-19-21-23-25-26-27-28-30-32-34-37-40-43-46-49-56(61)62-52(47-44-41-38-36-33-31-29-24-22-20-17-14-11-8-5-2)50-55(60)57-53(51-58)54(59)48-45-42-39-35-18-15-12-9-6-3/h7,10,16-17,19-20,23-25,27-29,32-34,36,40,43,52-54,58-59H,4-6,8-9,11-15,18,21-22,26,30-31,35,37-39,41-42,44-51H2,1-3H3,(H,57,60)/b10-7-,19-16-,20-17-,25-23-,28-27-,29-24-,34-32-,36-33-,43-40-. The van der Waals surface area contributed by atoms with Crippen LogP contribution in [-0.4, -0.2) is 46.9 Å². The molecule has 0 saturated carbocycles. The SMILES string of the molecule is CC/C=C\C/C=C\C/C=C\C/C=C\C/C=C\C/C=C\CCC(=O)OC(CCCC/C=C\C/C=C\C/C=C\CCCCC)CC(=O)NC(CO)C(O)CCCCCCCCCCC. The Hall–Kier alpha value is -3.48. The number of carbonyl (C=O) groups is 2. The van der Waals surface area contributed by atoms with E-state index in [-0.39, 0.29) is 31.3 Å². The minimum Gasteiger partial charge on any atom is -0.462 e. The zero-order valence-corrected chi connectivity index (χ0v) is 40.0. The predicted octanol–water partition coefficient (Wildman–Crippen LogP) is 15.1. The highest BCUT2D eigenvalue weighted by Crippen LogP contribution is 2.16. The number of allylic oxidation sites excluding steroid dienone is 18. The van der Waals surface area contributed by atoms with Crippen molar-refractivity contribution in [3.8, 4) is 0 Å². The van der Waals surface area contributed by atoms with Gasteiger partial charge in [0.1, 0.15) is 6.10 Å². The van der Waals surface area contributed by atoms with Crippen molar-refractivity contribution in [1.29, 1.82) is 0 Å². The van der Waals surface area contributed by atoms with Crippen molar-refractivity contribution in [2.24, 2.45) is 0 Å². The molecule has 62 heavy (non-hydrogen) atoms. The molecule has 0 spiro atoms. The monoisotopic (exact) mass is 860 g/mol. The zero-order chi connectivity index (χ0) is 45.2. The lowest BCUT2D eigenvalue weighted by atomic mass is 10.0. The molecular formula is C56H93NO5. The molecule has 0 rings (SSSR count). The van der Waals surface area contributed by atoms with Crippen LogP contribution in [0.5, 0.6) is 0 Å². The lowest BCUT2D eigenvalue weighted by molar-refractivity contribution is -0.150. The third-order valence-electron chi connectivity index (χ3n) is 10.6. The number of amides is 1. The highest BCUT2D eigenvalue weighted by atomic mass is 16.5. The summed E-state index contributed by atoms with van der Waals surface area (Å²) < 4.78 is 5.86. The van der Waals surface area contributed by atoms with Crippen LogP contribution in [0, 0.1) is 0 Å².